The molecule has 0 spiro atoms. The minimum Gasteiger partial charge on any atom is -0.454 e. The molecule has 1 amide bonds. The number of aromatic nitrogens is 1. The highest BCUT2D eigenvalue weighted by atomic mass is 16.7. The molecule has 32 heavy (non-hydrogen) atoms. The molecule has 162 valence electrons. The van der Waals surface area contributed by atoms with Crippen LogP contribution in [0.2, 0.25) is 0 Å². The van der Waals surface area contributed by atoms with Crippen LogP contribution in [0.25, 0.3) is 22.6 Å². The molecule has 6 nitrogen and oxygen atoms in total. The van der Waals surface area contributed by atoms with Gasteiger partial charge in [-0.2, -0.15) is 0 Å². The Morgan fingerprint density at radius 1 is 1.00 bits per heavy atom. The fourth-order valence-electron chi connectivity index (χ4n) is 4.85. The molecular weight excluding hydrogens is 404 g/mol. The van der Waals surface area contributed by atoms with Crippen LogP contribution < -0.4 is 9.47 Å². The van der Waals surface area contributed by atoms with Crippen molar-refractivity contribution in [3.63, 3.8) is 0 Å². The molecule has 6 rings (SSSR count). The van der Waals surface area contributed by atoms with Gasteiger partial charge >= 0.3 is 0 Å². The van der Waals surface area contributed by atoms with Gasteiger partial charge in [0.25, 0.3) is 5.91 Å². The van der Waals surface area contributed by atoms with Gasteiger partial charge < -0.3 is 19.1 Å². The number of benzene rings is 2. The van der Waals surface area contributed by atoms with Gasteiger partial charge in [-0.25, -0.2) is 4.98 Å². The summed E-state index contributed by atoms with van der Waals surface area (Å²) >= 11 is 0. The standard InChI is InChI=1S/C26H24N2O4/c29-26(28-10-12-30-13-11-28)24-19-5-1-2-7-21(19)27-25-18(4-3-6-20(24)25)14-17-8-9-22-23(15-17)32-16-31-22/h1-2,5,7-9,14-15H,3-4,6,10-13,16H2. The summed E-state index contributed by atoms with van der Waals surface area (Å²) in [6, 6.07) is 14.0. The lowest BCUT2D eigenvalue weighted by molar-refractivity contribution is 0.0303. The van der Waals surface area contributed by atoms with E-state index in [9.17, 15) is 4.79 Å². The summed E-state index contributed by atoms with van der Waals surface area (Å²) in [5, 5.41) is 0.937. The fourth-order valence-corrected chi connectivity index (χ4v) is 4.85. The topological polar surface area (TPSA) is 60.9 Å². The van der Waals surface area contributed by atoms with E-state index in [1.54, 1.807) is 0 Å². The second-order valence-electron chi connectivity index (χ2n) is 8.37. The van der Waals surface area contributed by atoms with Gasteiger partial charge in [0.2, 0.25) is 6.79 Å². The molecule has 0 atom stereocenters. The molecule has 6 heteroatoms. The van der Waals surface area contributed by atoms with Crippen molar-refractivity contribution in [1.29, 1.82) is 0 Å². The van der Waals surface area contributed by atoms with E-state index in [0.717, 1.165) is 69.6 Å². The molecule has 1 aliphatic carbocycles. The minimum absolute atomic E-state index is 0.0903. The van der Waals surface area contributed by atoms with E-state index >= 15 is 0 Å². The molecule has 2 aliphatic heterocycles. The van der Waals surface area contributed by atoms with Crippen LogP contribution >= 0.6 is 0 Å². The second kappa shape index (κ2) is 7.95. The molecule has 0 bridgehead atoms. The first-order chi connectivity index (χ1) is 15.8. The number of hydrogen-bond donors (Lipinski definition) is 0. The number of nitrogens with zero attached hydrogens (tertiary/aromatic N) is 2. The summed E-state index contributed by atoms with van der Waals surface area (Å²) in [5.41, 5.74) is 5.90. The molecule has 0 saturated carbocycles. The van der Waals surface area contributed by atoms with Crippen molar-refractivity contribution in [2.45, 2.75) is 19.3 Å². The van der Waals surface area contributed by atoms with Crippen LogP contribution in [0.15, 0.2) is 42.5 Å². The number of para-hydroxylation sites is 1. The van der Waals surface area contributed by atoms with Crippen molar-refractivity contribution >= 4 is 28.5 Å². The Kier molecular flexibility index (Phi) is 4.80. The van der Waals surface area contributed by atoms with Crippen LogP contribution in [0.3, 0.4) is 0 Å². The zero-order valence-corrected chi connectivity index (χ0v) is 17.8. The molecule has 0 unspecified atom stereocenters. The molecule has 1 aromatic heterocycles. The van der Waals surface area contributed by atoms with E-state index in [2.05, 4.69) is 6.08 Å². The molecule has 0 radical (unpaired) electrons. The first kappa shape index (κ1) is 19.3. The average Bonchev–Trinajstić information content (AvgIpc) is 3.31. The number of rotatable bonds is 2. The first-order valence-corrected chi connectivity index (χ1v) is 11.2. The van der Waals surface area contributed by atoms with E-state index in [0.29, 0.717) is 26.3 Å². The van der Waals surface area contributed by atoms with Crippen molar-refractivity contribution in [2.75, 3.05) is 33.1 Å². The van der Waals surface area contributed by atoms with Crippen LogP contribution in [0.1, 0.15) is 40.0 Å². The highest BCUT2D eigenvalue weighted by Crippen LogP contribution is 2.38. The number of pyridine rings is 1. The maximum Gasteiger partial charge on any atom is 0.255 e. The molecule has 1 fully saturated rings. The van der Waals surface area contributed by atoms with Gasteiger partial charge in [-0.1, -0.05) is 24.3 Å². The average molecular weight is 428 g/mol. The van der Waals surface area contributed by atoms with E-state index in [1.165, 1.54) is 0 Å². The Labute approximate surface area is 186 Å². The van der Waals surface area contributed by atoms with Gasteiger partial charge in [-0.3, -0.25) is 4.79 Å². The number of carbonyl (C=O) groups excluding carboxylic acids is 1. The number of morpholine rings is 1. The van der Waals surface area contributed by atoms with E-state index in [4.69, 9.17) is 19.2 Å². The molecule has 3 aromatic rings. The Hall–Kier alpha value is -3.38. The Balaban J connectivity index is 1.49. The van der Waals surface area contributed by atoms with Crippen molar-refractivity contribution in [3.8, 4) is 11.5 Å². The van der Waals surface area contributed by atoms with E-state index < -0.39 is 0 Å². The third-order valence-electron chi connectivity index (χ3n) is 6.42. The maximum absolute atomic E-state index is 13.7. The van der Waals surface area contributed by atoms with Gasteiger partial charge in [-0.15, -0.1) is 0 Å². The Morgan fingerprint density at radius 3 is 2.75 bits per heavy atom. The summed E-state index contributed by atoms with van der Waals surface area (Å²) < 4.78 is 16.5. The monoisotopic (exact) mass is 428 g/mol. The van der Waals surface area contributed by atoms with Crippen LogP contribution in [-0.4, -0.2) is 48.9 Å². The zero-order chi connectivity index (χ0) is 21.5. The SMILES string of the molecule is O=C(c1c2c(nc3ccccc13)C(=Cc1ccc3c(c1)OCO3)CCC2)N1CCOCC1. The molecule has 0 N–H and O–H groups in total. The van der Waals surface area contributed by atoms with Gasteiger partial charge in [0.1, 0.15) is 0 Å². The first-order valence-electron chi connectivity index (χ1n) is 11.2. The number of ether oxygens (including phenoxy) is 3. The zero-order valence-electron chi connectivity index (χ0n) is 17.8. The summed E-state index contributed by atoms with van der Waals surface area (Å²) in [5.74, 6) is 1.64. The van der Waals surface area contributed by atoms with Crippen LogP contribution in [-0.2, 0) is 11.2 Å². The largest absolute Gasteiger partial charge is 0.454 e. The van der Waals surface area contributed by atoms with Crippen molar-refractivity contribution in [1.82, 2.24) is 9.88 Å². The number of carbonyl (C=O) groups is 1. The van der Waals surface area contributed by atoms with E-state index in [-0.39, 0.29) is 12.7 Å². The fraction of sp³-hybridized carbons (Fsp3) is 0.308. The third kappa shape index (κ3) is 3.31. The molecule has 1 saturated heterocycles. The Morgan fingerprint density at radius 2 is 1.84 bits per heavy atom. The van der Waals surface area contributed by atoms with Crippen LogP contribution in [0.5, 0.6) is 11.5 Å². The predicted molar refractivity (Wildman–Crippen MR) is 122 cm³/mol. The van der Waals surface area contributed by atoms with Gasteiger partial charge in [0.05, 0.1) is 30.0 Å². The van der Waals surface area contributed by atoms with Gasteiger partial charge in [-0.05, 0) is 60.2 Å². The van der Waals surface area contributed by atoms with E-state index in [1.807, 2.05) is 47.4 Å². The lowest BCUT2D eigenvalue weighted by Gasteiger charge is -2.30. The number of amides is 1. The Bertz CT molecular complexity index is 1240. The lowest BCUT2D eigenvalue weighted by atomic mass is 9.85. The molecule has 3 aliphatic rings. The van der Waals surface area contributed by atoms with Gasteiger partial charge in [0, 0.05) is 18.5 Å². The smallest absolute Gasteiger partial charge is 0.255 e. The van der Waals surface area contributed by atoms with Crippen LogP contribution in [0, 0.1) is 0 Å². The van der Waals surface area contributed by atoms with Crippen molar-refractivity contribution in [2.24, 2.45) is 0 Å². The molecule has 3 heterocycles. The summed E-state index contributed by atoms with van der Waals surface area (Å²) in [4.78, 5) is 20.6. The second-order valence-corrected chi connectivity index (χ2v) is 8.37. The number of fused-ring (bicyclic) bond motifs is 3. The van der Waals surface area contributed by atoms with Crippen LogP contribution in [0.4, 0.5) is 0 Å². The summed E-state index contributed by atoms with van der Waals surface area (Å²) in [6.07, 6.45) is 4.95. The number of allylic oxidation sites excluding steroid dienone is 1. The lowest BCUT2D eigenvalue weighted by Crippen LogP contribution is -2.41. The predicted octanol–water partition coefficient (Wildman–Crippen LogP) is 4.31. The highest BCUT2D eigenvalue weighted by molar-refractivity contribution is 6.09. The van der Waals surface area contributed by atoms with Crippen molar-refractivity contribution < 1.29 is 19.0 Å². The third-order valence-corrected chi connectivity index (χ3v) is 6.42. The normalized spacial score (nSPS) is 18.8. The number of hydrogen-bond acceptors (Lipinski definition) is 5. The van der Waals surface area contributed by atoms with Gasteiger partial charge in [0.15, 0.2) is 11.5 Å². The summed E-state index contributed by atoms with van der Waals surface area (Å²) in [6.45, 7) is 2.70. The summed E-state index contributed by atoms with van der Waals surface area (Å²) in [7, 11) is 0. The van der Waals surface area contributed by atoms with Crippen molar-refractivity contribution in [3.05, 3.63) is 64.8 Å². The maximum atomic E-state index is 13.7. The molecular formula is C26H24N2O4. The minimum atomic E-state index is 0.0903. The highest BCUT2D eigenvalue weighted by Gasteiger charge is 2.28. The molecule has 2 aromatic carbocycles. The quantitative estimate of drug-likeness (QED) is 0.609.